The quantitative estimate of drug-likeness (QED) is 0.727. The Hall–Kier alpha value is -2.63. The Morgan fingerprint density at radius 1 is 1.08 bits per heavy atom. The van der Waals surface area contributed by atoms with Crippen LogP contribution in [0, 0.1) is 0 Å². The molecule has 1 aromatic heterocycles. The highest BCUT2D eigenvalue weighted by atomic mass is 35.5. The number of hydrogen-bond acceptors (Lipinski definition) is 3. The fraction of sp³-hybridized carbons (Fsp3) is 0.105. The first-order valence-corrected chi connectivity index (χ1v) is 8.55. The summed E-state index contributed by atoms with van der Waals surface area (Å²) < 4.78 is 0. The van der Waals surface area contributed by atoms with Gasteiger partial charge < -0.3 is 10.2 Å². The van der Waals surface area contributed by atoms with Gasteiger partial charge in [0, 0.05) is 24.3 Å². The van der Waals surface area contributed by atoms with E-state index >= 15 is 0 Å². The van der Waals surface area contributed by atoms with Crippen molar-refractivity contribution in [3.8, 4) is 0 Å². The Morgan fingerprint density at radius 2 is 1.85 bits per heavy atom. The molecule has 0 radical (unpaired) electrons. The van der Waals surface area contributed by atoms with Crippen LogP contribution in [0.3, 0.4) is 0 Å². The molecule has 26 heavy (non-hydrogen) atoms. The largest absolute Gasteiger partial charge is 0.332 e. The topological polar surface area (TPSA) is 62.3 Å². The summed E-state index contributed by atoms with van der Waals surface area (Å²) in [4.78, 5) is 30.5. The van der Waals surface area contributed by atoms with Crippen LogP contribution in [0.4, 0.5) is 5.69 Å². The first-order valence-electron chi connectivity index (χ1n) is 7.80. The van der Waals surface area contributed by atoms with Crippen LogP contribution in [-0.2, 0) is 4.79 Å². The number of aromatic nitrogens is 1. The lowest BCUT2D eigenvalue weighted by atomic mass is 10.1. The minimum Gasteiger partial charge on any atom is -0.332 e. The fourth-order valence-corrected chi connectivity index (χ4v) is 2.85. The van der Waals surface area contributed by atoms with Gasteiger partial charge in [0.1, 0.15) is 0 Å². The molecule has 1 N–H and O–H groups in total. The lowest BCUT2D eigenvalue weighted by molar-refractivity contribution is -0.116. The minimum atomic E-state index is -0.336. The van der Waals surface area contributed by atoms with Gasteiger partial charge in [-0.3, -0.25) is 14.6 Å². The second kappa shape index (κ2) is 7.72. The average molecular weight is 388 g/mol. The number of para-hydroxylation sites is 1. The van der Waals surface area contributed by atoms with E-state index in [1.54, 1.807) is 37.5 Å². The minimum absolute atomic E-state index is 0.101. The Morgan fingerprint density at radius 3 is 2.62 bits per heavy atom. The van der Waals surface area contributed by atoms with Crippen molar-refractivity contribution in [3.63, 3.8) is 0 Å². The highest BCUT2D eigenvalue weighted by Gasteiger charge is 2.17. The molecule has 0 aliphatic carbocycles. The van der Waals surface area contributed by atoms with Crippen LogP contribution in [-0.4, -0.2) is 35.3 Å². The van der Waals surface area contributed by atoms with Gasteiger partial charge in [-0.05, 0) is 30.3 Å². The molecule has 3 aromatic rings. The molecule has 1 heterocycles. The second-order valence-corrected chi connectivity index (χ2v) is 6.53. The molecule has 0 aliphatic rings. The summed E-state index contributed by atoms with van der Waals surface area (Å²) in [5.74, 6) is -0.592. The standard InChI is InChI=1S/C19H15Cl2N3O2/c1-24(11-18(25)23-12-6-7-15(20)16(21)10-12)19(26)14-8-9-22-17-5-3-2-4-13(14)17/h2-10H,11H2,1H3,(H,23,25). The molecule has 7 heteroatoms. The maximum atomic E-state index is 12.7. The summed E-state index contributed by atoms with van der Waals surface area (Å²) in [5, 5.41) is 4.19. The van der Waals surface area contributed by atoms with Crippen LogP contribution in [0.5, 0.6) is 0 Å². The summed E-state index contributed by atoms with van der Waals surface area (Å²) in [6.45, 7) is -0.101. The van der Waals surface area contributed by atoms with Gasteiger partial charge in [-0.2, -0.15) is 0 Å². The monoisotopic (exact) mass is 387 g/mol. The van der Waals surface area contributed by atoms with Gasteiger partial charge in [-0.1, -0.05) is 41.4 Å². The first-order chi connectivity index (χ1) is 12.5. The molecule has 2 aromatic carbocycles. The third-order valence-corrected chi connectivity index (χ3v) is 4.55. The number of carbonyl (C=O) groups excluding carboxylic acids is 2. The van der Waals surface area contributed by atoms with Gasteiger partial charge in [0.25, 0.3) is 5.91 Å². The van der Waals surface area contributed by atoms with Crippen molar-refractivity contribution in [3.05, 3.63) is 70.3 Å². The van der Waals surface area contributed by atoms with Crippen LogP contribution in [0.25, 0.3) is 10.9 Å². The van der Waals surface area contributed by atoms with Crippen LogP contribution in [0.15, 0.2) is 54.7 Å². The van der Waals surface area contributed by atoms with Crippen LogP contribution < -0.4 is 5.32 Å². The molecule has 2 amide bonds. The summed E-state index contributed by atoms with van der Waals surface area (Å²) in [5.41, 5.74) is 1.74. The lowest BCUT2D eigenvalue weighted by Gasteiger charge is -2.18. The van der Waals surface area contributed by atoms with Crippen LogP contribution in [0.2, 0.25) is 10.0 Å². The number of amides is 2. The van der Waals surface area contributed by atoms with Crippen LogP contribution >= 0.6 is 23.2 Å². The van der Waals surface area contributed by atoms with Gasteiger partial charge in [-0.15, -0.1) is 0 Å². The Balaban J connectivity index is 1.72. The van der Waals surface area contributed by atoms with Gasteiger partial charge in [0.15, 0.2) is 0 Å². The zero-order valence-corrected chi connectivity index (χ0v) is 15.4. The number of nitrogens with zero attached hydrogens (tertiary/aromatic N) is 2. The molecule has 132 valence electrons. The predicted molar refractivity (Wildman–Crippen MR) is 104 cm³/mol. The van der Waals surface area contributed by atoms with E-state index in [1.807, 2.05) is 24.3 Å². The SMILES string of the molecule is CN(CC(=O)Nc1ccc(Cl)c(Cl)c1)C(=O)c1ccnc2ccccc12. The molecule has 0 fully saturated rings. The molecular weight excluding hydrogens is 373 g/mol. The van der Waals surface area contributed by atoms with E-state index < -0.39 is 0 Å². The molecule has 5 nitrogen and oxygen atoms in total. The van der Waals surface area contributed by atoms with E-state index in [0.717, 1.165) is 10.9 Å². The fourth-order valence-electron chi connectivity index (χ4n) is 2.55. The summed E-state index contributed by atoms with van der Waals surface area (Å²) in [7, 11) is 1.58. The number of nitrogens with one attached hydrogen (secondary N) is 1. The van der Waals surface area contributed by atoms with Crippen molar-refractivity contribution in [2.75, 3.05) is 18.9 Å². The number of fused-ring (bicyclic) bond motifs is 1. The number of halogens is 2. The normalized spacial score (nSPS) is 10.6. The molecule has 0 unspecified atom stereocenters. The smallest absolute Gasteiger partial charge is 0.254 e. The van der Waals surface area contributed by atoms with E-state index in [9.17, 15) is 9.59 Å². The van der Waals surface area contributed by atoms with E-state index in [-0.39, 0.29) is 18.4 Å². The molecule has 0 bridgehead atoms. The molecular formula is C19H15Cl2N3O2. The lowest BCUT2D eigenvalue weighted by Crippen LogP contribution is -2.35. The first kappa shape index (κ1) is 18.2. The highest BCUT2D eigenvalue weighted by Crippen LogP contribution is 2.25. The van der Waals surface area contributed by atoms with Crippen molar-refractivity contribution in [2.24, 2.45) is 0 Å². The van der Waals surface area contributed by atoms with Crippen molar-refractivity contribution in [1.29, 1.82) is 0 Å². The maximum Gasteiger partial charge on any atom is 0.254 e. The van der Waals surface area contributed by atoms with Crippen molar-refractivity contribution < 1.29 is 9.59 Å². The molecule has 0 saturated carbocycles. The van der Waals surface area contributed by atoms with Crippen LogP contribution in [0.1, 0.15) is 10.4 Å². The Kier molecular flexibility index (Phi) is 5.40. The average Bonchev–Trinajstić information content (AvgIpc) is 2.63. The number of carbonyl (C=O) groups is 2. The number of benzene rings is 2. The molecule has 0 atom stereocenters. The number of hydrogen-bond donors (Lipinski definition) is 1. The molecule has 0 spiro atoms. The Labute approximate surface area is 160 Å². The number of likely N-dealkylation sites (N-methyl/N-ethyl adjacent to an activating group) is 1. The zero-order valence-electron chi connectivity index (χ0n) is 13.9. The van der Waals surface area contributed by atoms with Gasteiger partial charge in [0.2, 0.25) is 5.91 Å². The van der Waals surface area contributed by atoms with Gasteiger partial charge in [-0.25, -0.2) is 0 Å². The van der Waals surface area contributed by atoms with Gasteiger partial charge >= 0.3 is 0 Å². The molecule has 0 saturated heterocycles. The van der Waals surface area contributed by atoms with Gasteiger partial charge in [0.05, 0.1) is 27.7 Å². The van der Waals surface area contributed by atoms with Crippen molar-refractivity contribution in [1.82, 2.24) is 9.88 Å². The third kappa shape index (κ3) is 3.95. The third-order valence-electron chi connectivity index (χ3n) is 3.81. The predicted octanol–water partition coefficient (Wildman–Crippen LogP) is 4.25. The van der Waals surface area contributed by atoms with E-state index in [1.165, 1.54) is 4.90 Å². The van der Waals surface area contributed by atoms with E-state index in [0.29, 0.717) is 21.3 Å². The number of anilines is 1. The maximum absolute atomic E-state index is 12.7. The zero-order chi connectivity index (χ0) is 18.7. The number of pyridine rings is 1. The van der Waals surface area contributed by atoms with Crippen molar-refractivity contribution in [2.45, 2.75) is 0 Å². The van der Waals surface area contributed by atoms with Crippen molar-refractivity contribution >= 4 is 51.6 Å². The summed E-state index contributed by atoms with van der Waals surface area (Å²) >= 11 is 11.8. The summed E-state index contributed by atoms with van der Waals surface area (Å²) in [6.07, 6.45) is 1.58. The number of rotatable bonds is 4. The second-order valence-electron chi connectivity index (χ2n) is 5.71. The highest BCUT2D eigenvalue weighted by molar-refractivity contribution is 6.42. The molecule has 3 rings (SSSR count). The molecule has 0 aliphatic heterocycles. The van der Waals surface area contributed by atoms with E-state index in [4.69, 9.17) is 23.2 Å². The summed E-state index contributed by atoms with van der Waals surface area (Å²) in [6, 6.07) is 13.8. The Bertz CT molecular complexity index is 986. The van der Waals surface area contributed by atoms with E-state index in [2.05, 4.69) is 10.3 Å².